The van der Waals surface area contributed by atoms with Crippen molar-refractivity contribution in [2.45, 2.75) is 52.6 Å². The molecule has 1 aliphatic rings. The number of carbonyl (C=O) groups is 1. The van der Waals surface area contributed by atoms with E-state index in [1.54, 1.807) is 13.8 Å². The highest BCUT2D eigenvalue weighted by atomic mass is 16.4. The minimum absolute atomic E-state index is 0.0720. The summed E-state index contributed by atoms with van der Waals surface area (Å²) in [4.78, 5) is 11.3. The van der Waals surface area contributed by atoms with E-state index >= 15 is 0 Å². The largest absolute Gasteiger partial charge is 0.479 e. The van der Waals surface area contributed by atoms with Gasteiger partial charge in [-0.25, -0.2) is 4.79 Å². The summed E-state index contributed by atoms with van der Waals surface area (Å²) in [5.74, 6) is -1.46. The van der Waals surface area contributed by atoms with Gasteiger partial charge < -0.3 is 10.2 Å². The lowest BCUT2D eigenvalue weighted by molar-refractivity contribution is -0.177. The quantitative estimate of drug-likeness (QED) is 0.757. The van der Waals surface area contributed by atoms with Gasteiger partial charge >= 0.3 is 5.97 Å². The molecule has 3 nitrogen and oxygen atoms in total. The second kappa shape index (κ2) is 3.78. The highest BCUT2D eigenvalue weighted by Crippen LogP contribution is 2.50. The normalized spacial score (nSPS) is 29.1. The maximum absolute atomic E-state index is 11.3. The summed E-state index contributed by atoms with van der Waals surface area (Å²) < 4.78 is 0. The van der Waals surface area contributed by atoms with Gasteiger partial charge in [0.05, 0.1) is 0 Å². The number of carboxylic acids is 1. The zero-order valence-electron chi connectivity index (χ0n) is 10.1. The van der Waals surface area contributed by atoms with Gasteiger partial charge in [-0.1, -0.05) is 34.1 Å². The predicted molar refractivity (Wildman–Crippen MR) is 58.5 cm³/mol. The van der Waals surface area contributed by atoms with Gasteiger partial charge in [-0.2, -0.15) is 0 Å². The van der Waals surface area contributed by atoms with Crippen molar-refractivity contribution >= 4 is 5.97 Å². The molecular formula is C12H22O3. The second-order valence-corrected chi connectivity index (χ2v) is 5.72. The summed E-state index contributed by atoms with van der Waals surface area (Å²) in [6.45, 7) is 7.67. The molecule has 0 radical (unpaired) electrons. The summed E-state index contributed by atoms with van der Waals surface area (Å²) in [5, 5.41) is 19.6. The van der Waals surface area contributed by atoms with Crippen molar-refractivity contribution in [3.05, 3.63) is 0 Å². The fraction of sp³-hybridized carbons (Fsp3) is 0.917. The van der Waals surface area contributed by atoms with Crippen LogP contribution in [-0.2, 0) is 4.79 Å². The molecule has 0 aromatic heterocycles. The van der Waals surface area contributed by atoms with Crippen molar-refractivity contribution in [2.24, 2.45) is 17.3 Å². The first-order valence-corrected chi connectivity index (χ1v) is 5.68. The predicted octanol–water partition coefficient (Wildman–Crippen LogP) is 2.28. The van der Waals surface area contributed by atoms with E-state index < -0.39 is 11.6 Å². The van der Waals surface area contributed by atoms with Gasteiger partial charge in [0.15, 0.2) is 5.60 Å². The molecule has 0 aliphatic heterocycles. The van der Waals surface area contributed by atoms with Crippen LogP contribution in [0.5, 0.6) is 0 Å². The van der Waals surface area contributed by atoms with E-state index in [2.05, 4.69) is 13.8 Å². The van der Waals surface area contributed by atoms with Crippen LogP contribution in [0.15, 0.2) is 0 Å². The molecule has 2 atom stereocenters. The molecule has 1 saturated carbocycles. The van der Waals surface area contributed by atoms with Crippen LogP contribution in [0, 0.1) is 17.3 Å². The lowest BCUT2D eigenvalue weighted by Gasteiger charge is -2.40. The average Bonchev–Trinajstić information content (AvgIpc) is 2.43. The third-order valence-electron chi connectivity index (χ3n) is 4.01. The molecule has 15 heavy (non-hydrogen) atoms. The molecule has 1 aliphatic carbocycles. The Morgan fingerprint density at radius 3 is 2.27 bits per heavy atom. The topological polar surface area (TPSA) is 57.5 Å². The second-order valence-electron chi connectivity index (χ2n) is 5.72. The van der Waals surface area contributed by atoms with Crippen LogP contribution >= 0.6 is 0 Å². The van der Waals surface area contributed by atoms with Crippen LogP contribution in [0.25, 0.3) is 0 Å². The van der Waals surface area contributed by atoms with Gasteiger partial charge in [0.2, 0.25) is 0 Å². The van der Waals surface area contributed by atoms with Crippen molar-refractivity contribution in [3.8, 4) is 0 Å². The van der Waals surface area contributed by atoms with Crippen LogP contribution in [-0.4, -0.2) is 21.8 Å². The maximum atomic E-state index is 11.3. The molecule has 88 valence electrons. The average molecular weight is 214 g/mol. The van der Waals surface area contributed by atoms with Gasteiger partial charge in [0.1, 0.15) is 0 Å². The Morgan fingerprint density at radius 2 is 2.00 bits per heavy atom. The Hall–Kier alpha value is -0.570. The molecule has 0 aromatic carbocycles. The monoisotopic (exact) mass is 214 g/mol. The van der Waals surface area contributed by atoms with E-state index in [0.717, 1.165) is 19.3 Å². The van der Waals surface area contributed by atoms with E-state index in [0.29, 0.717) is 0 Å². The molecule has 0 saturated heterocycles. The molecule has 1 fully saturated rings. The first-order chi connectivity index (χ1) is 6.73. The molecule has 0 heterocycles. The molecule has 2 unspecified atom stereocenters. The Kier molecular flexibility index (Phi) is 3.15. The van der Waals surface area contributed by atoms with Crippen molar-refractivity contribution in [1.82, 2.24) is 0 Å². The van der Waals surface area contributed by atoms with Gasteiger partial charge in [0, 0.05) is 5.92 Å². The van der Waals surface area contributed by atoms with E-state index in [9.17, 15) is 15.0 Å². The maximum Gasteiger partial charge on any atom is 0.336 e. The van der Waals surface area contributed by atoms with Crippen molar-refractivity contribution < 1.29 is 15.0 Å². The molecule has 3 heteroatoms. The van der Waals surface area contributed by atoms with Gasteiger partial charge in [0.25, 0.3) is 0 Å². The van der Waals surface area contributed by atoms with Crippen molar-refractivity contribution in [1.29, 1.82) is 0 Å². The van der Waals surface area contributed by atoms with Crippen LogP contribution in [0.1, 0.15) is 47.0 Å². The van der Waals surface area contributed by atoms with Crippen LogP contribution in [0.4, 0.5) is 0 Å². The minimum Gasteiger partial charge on any atom is -0.479 e. The van der Waals surface area contributed by atoms with E-state index in [1.807, 2.05) is 0 Å². The lowest BCUT2D eigenvalue weighted by Crippen LogP contribution is -2.53. The molecular weight excluding hydrogens is 192 g/mol. The van der Waals surface area contributed by atoms with Crippen LogP contribution < -0.4 is 0 Å². The molecule has 2 N–H and O–H groups in total. The first kappa shape index (κ1) is 12.5. The Morgan fingerprint density at radius 1 is 1.47 bits per heavy atom. The highest BCUT2D eigenvalue weighted by molar-refractivity contribution is 5.78. The summed E-state index contributed by atoms with van der Waals surface area (Å²) in [6, 6.07) is 0. The van der Waals surface area contributed by atoms with E-state index in [4.69, 9.17) is 0 Å². The third-order valence-corrected chi connectivity index (χ3v) is 4.01. The van der Waals surface area contributed by atoms with Gasteiger partial charge in [-0.05, 0) is 24.2 Å². The zero-order chi connectivity index (χ0) is 11.9. The molecule has 0 spiro atoms. The molecule has 1 rings (SSSR count). The Labute approximate surface area is 91.5 Å². The van der Waals surface area contributed by atoms with E-state index in [1.165, 1.54) is 0 Å². The standard InChI is InChI=1S/C12H22O3/c1-8(2)12(15,10(13)14)9-6-5-7-11(9,3)4/h8-9,15H,5-7H2,1-4H3,(H,13,14). The highest BCUT2D eigenvalue weighted by Gasteiger charge is 2.54. The number of hydrogen-bond donors (Lipinski definition) is 2. The fourth-order valence-corrected chi connectivity index (χ4v) is 2.94. The number of hydrogen-bond acceptors (Lipinski definition) is 2. The van der Waals surface area contributed by atoms with Crippen molar-refractivity contribution in [2.75, 3.05) is 0 Å². The molecule has 0 amide bonds. The first-order valence-electron chi connectivity index (χ1n) is 5.68. The van der Waals surface area contributed by atoms with Crippen molar-refractivity contribution in [3.63, 3.8) is 0 Å². The summed E-state index contributed by atoms with van der Waals surface area (Å²) in [6.07, 6.45) is 2.83. The van der Waals surface area contributed by atoms with E-state index in [-0.39, 0.29) is 17.3 Å². The number of aliphatic hydroxyl groups is 1. The Bertz CT molecular complexity index is 258. The van der Waals surface area contributed by atoms with Crippen LogP contribution in [0.2, 0.25) is 0 Å². The zero-order valence-corrected chi connectivity index (χ0v) is 10.1. The van der Waals surface area contributed by atoms with Gasteiger partial charge in [-0.15, -0.1) is 0 Å². The molecule has 0 bridgehead atoms. The minimum atomic E-state index is -1.57. The summed E-state index contributed by atoms with van der Waals surface area (Å²) >= 11 is 0. The van der Waals surface area contributed by atoms with Crippen LogP contribution in [0.3, 0.4) is 0 Å². The Balaban J connectivity index is 3.05. The number of carboxylic acid groups (broad SMARTS) is 1. The molecule has 0 aromatic rings. The number of aliphatic carboxylic acids is 1. The summed E-state index contributed by atoms with van der Waals surface area (Å²) in [5.41, 5.74) is -1.64. The third kappa shape index (κ3) is 1.89. The fourth-order valence-electron chi connectivity index (χ4n) is 2.94. The lowest BCUT2D eigenvalue weighted by atomic mass is 9.67. The smallest absolute Gasteiger partial charge is 0.336 e. The summed E-state index contributed by atoms with van der Waals surface area (Å²) in [7, 11) is 0. The SMILES string of the molecule is CC(C)C(O)(C(=O)O)C1CCCC1(C)C. The number of rotatable bonds is 3. The van der Waals surface area contributed by atoms with Gasteiger partial charge in [-0.3, -0.25) is 0 Å².